The molecule has 11 nitrogen and oxygen atoms in total. The van der Waals surface area contributed by atoms with E-state index in [1.54, 1.807) is 0 Å². The first-order valence-electron chi connectivity index (χ1n) is 10.9. The summed E-state index contributed by atoms with van der Waals surface area (Å²) in [6.07, 6.45) is 8.60. The Morgan fingerprint density at radius 3 is 2.06 bits per heavy atom. The Morgan fingerprint density at radius 2 is 1.53 bits per heavy atom. The highest BCUT2D eigenvalue weighted by atomic mass is 32.2. The van der Waals surface area contributed by atoms with E-state index in [4.69, 9.17) is 4.55 Å². The van der Waals surface area contributed by atoms with Crippen molar-refractivity contribution < 1.29 is 41.8 Å². The van der Waals surface area contributed by atoms with Gasteiger partial charge < -0.3 is 10.2 Å². The summed E-state index contributed by atoms with van der Waals surface area (Å²) in [5, 5.41) is 0.189. The fourth-order valence-electron chi connectivity index (χ4n) is 3.88. The van der Waals surface area contributed by atoms with Gasteiger partial charge in [0.05, 0.1) is 6.42 Å². The predicted octanol–water partition coefficient (Wildman–Crippen LogP) is 1.07. The zero-order valence-corrected chi connectivity index (χ0v) is 18.7. The number of hydroxylamine groups is 2. The fraction of sp³-hybridized carbons (Fsp3) is 0.750. The molecular weight excluding hydrogens is 444 g/mol. The summed E-state index contributed by atoms with van der Waals surface area (Å²) in [6, 6.07) is 0. The van der Waals surface area contributed by atoms with Crippen LogP contribution in [-0.4, -0.2) is 59.3 Å². The summed E-state index contributed by atoms with van der Waals surface area (Å²) < 4.78 is 31.1. The molecule has 2 N–H and O–H groups in total. The second-order valence-corrected chi connectivity index (χ2v) is 9.79. The maximum atomic E-state index is 12.5. The molecule has 2 rings (SSSR count). The average molecular weight is 475 g/mol. The fourth-order valence-corrected chi connectivity index (χ4v) is 4.58. The van der Waals surface area contributed by atoms with Crippen molar-refractivity contribution in [2.24, 2.45) is 5.92 Å². The van der Waals surface area contributed by atoms with Crippen LogP contribution in [-0.2, 0) is 38.9 Å². The number of nitrogens with one attached hydrogen (secondary N) is 1. The van der Waals surface area contributed by atoms with Gasteiger partial charge in [-0.1, -0.05) is 44.9 Å². The van der Waals surface area contributed by atoms with Crippen molar-refractivity contribution in [2.75, 3.05) is 6.54 Å². The Morgan fingerprint density at radius 1 is 0.969 bits per heavy atom. The van der Waals surface area contributed by atoms with E-state index in [9.17, 15) is 32.4 Å². The van der Waals surface area contributed by atoms with Crippen LogP contribution in [0.1, 0.15) is 77.0 Å². The highest BCUT2D eigenvalue weighted by Crippen LogP contribution is 2.23. The van der Waals surface area contributed by atoms with Gasteiger partial charge in [0.25, 0.3) is 21.9 Å². The Balaban J connectivity index is 1.73. The molecule has 180 valence electrons. The van der Waals surface area contributed by atoms with E-state index in [0.29, 0.717) is 0 Å². The summed E-state index contributed by atoms with van der Waals surface area (Å²) in [6.45, 7) is -0.677. The van der Waals surface area contributed by atoms with Crippen LogP contribution in [0.2, 0.25) is 0 Å². The second-order valence-electron chi connectivity index (χ2n) is 8.19. The summed E-state index contributed by atoms with van der Waals surface area (Å²) in [4.78, 5) is 64.3. The quantitative estimate of drug-likeness (QED) is 0.386. The molecule has 0 aromatic heterocycles. The van der Waals surface area contributed by atoms with Crippen molar-refractivity contribution in [3.05, 3.63) is 0 Å². The molecule has 0 spiro atoms. The molecule has 0 bridgehead atoms. The molecule has 1 heterocycles. The first-order valence-corrected chi connectivity index (χ1v) is 12.4. The lowest BCUT2D eigenvalue weighted by Gasteiger charge is -2.17. The number of ketones is 1. The van der Waals surface area contributed by atoms with E-state index in [-0.39, 0.29) is 29.6 Å². The Labute approximate surface area is 186 Å². The Bertz CT molecular complexity index is 830. The van der Waals surface area contributed by atoms with Gasteiger partial charge in [-0.05, 0) is 12.8 Å². The first-order chi connectivity index (χ1) is 15.1. The van der Waals surface area contributed by atoms with Gasteiger partial charge in [-0.2, -0.15) is 8.42 Å². The van der Waals surface area contributed by atoms with Crippen molar-refractivity contribution in [1.82, 2.24) is 10.4 Å². The summed E-state index contributed by atoms with van der Waals surface area (Å²) in [5.41, 5.74) is 0. The lowest BCUT2D eigenvalue weighted by Crippen LogP contribution is -2.40. The van der Waals surface area contributed by atoms with Crippen LogP contribution in [0.5, 0.6) is 0 Å². The SMILES string of the molecule is O=C(CCC(=O)C1CCCCCCCCC1)NCC(=O)ON1C(=O)CC(S(=O)(=O)O)C1=O. The number of carbonyl (C=O) groups is 5. The molecule has 1 aliphatic carbocycles. The maximum absolute atomic E-state index is 12.5. The van der Waals surface area contributed by atoms with Gasteiger partial charge in [0, 0.05) is 18.8 Å². The number of rotatable bonds is 8. The molecule has 2 fully saturated rings. The Kier molecular flexibility index (Phi) is 9.76. The van der Waals surface area contributed by atoms with Crippen LogP contribution < -0.4 is 5.32 Å². The monoisotopic (exact) mass is 474 g/mol. The van der Waals surface area contributed by atoms with Gasteiger partial charge in [-0.25, -0.2) is 4.79 Å². The van der Waals surface area contributed by atoms with Crippen LogP contribution in [0, 0.1) is 5.92 Å². The predicted molar refractivity (Wildman–Crippen MR) is 110 cm³/mol. The third-order valence-corrected chi connectivity index (χ3v) is 6.79. The minimum absolute atomic E-state index is 0.0319. The average Bonchev–Trinajstić information content (AvgIpc) is 3.02. The second kappa shape index (κ2) is 12.0. The van der Waals surface area contributed by atoms with Crippen molar-refractivity contribution in [2.45, 2.75) is 82.3 Å². The van der Waals surface area contributed by atoms with E-state index < -0.39 is 52.0 Å². The number of nitrogens with zero attached hydrogens (tertiary/aromatic N) is 1. The van der Waals surface area contributed by atoms with Crippen LogP contribution in [0.3, 0.4) is 0 Å². The normalized spacial score (nSPS) is 21.3. The number of Topliss-reactive ketones (excluding diaryl/α,β-unsaturated/α-hetero) is 1. The largest absolute Gasteiger partial charge is 0.352 e. The standard InChI is InChI=1S/C20H30N2O9S/c23-15(14-8-6-4-2-1-3-5-7-9-14)10-11-17(24)21-13-19(26)31-22-18(25)12-16(20(22)27)32(28,29)30/h14,16H,1-13H2,(H,21,24)(H,28,29,30). The third kappa shape index (κ3) is 7.97. The van der Waals surface area contributed by atoms with Crippen LogP contribution >= 0.6 is 0 Å². The molecule has 0 aromatic carbocycles. The number of hydrogen-bond donors (Lipinski definition) is 2. The van der Waals surface area contributed by atoms with Crippen LogP contribution in [0.4, 0.5) is 0 Å². The van der Waals surface area contributed by atoms with E-state index in [1.807, 2.05) is 0 Å². The lowest BCUT2D eigenvalue weighted by atomic mass is 9.87. The van der Waals surface area contributed by atoms with Gasteiger partial charge in [0.2, 0.25) is 5.91 Å². The summed E-state index contributed by atoms with van der Waals surface area (Å²) in [7, 11) is -4.82. The Hall–Kier alpha value is -2.34. The number of hydrogen-bond acceptors (Lipinski definition) is 8. The molecule has 12 heteroatoms. The minimum atomic E-state index is -4.82. The molecular formula is C20H30N2O9S. The van der Waals surface area contributed by atoms with Crippen LogP contribution in [0.25, 0.3) is 0 Å². The van der Waals surface area contributed by atoms with Gasteiger partial charge >= 0.3 is 5.97 Å². The van der Waals surface area contributed by atoms with Crippen molar-refractivity contribution in [3.8, 4) is 0 Å². The van der Waals surface area contributed by atoms with Gasteiger partial charge in [0.1, 0.15) is 12.3 Å². The zero-order chi connectivity index (χ0) is 23.7. The third-order valence-electron chi connectivity index (χ3n) is 5.70. The molecule has 1 saturated carbocycles. The number of carbonyl (C=O) groups excluding carboxylic acids is 5. The highest BCUT2D eigenvalue weighted by molar-refractivity contribution is 7.87. The molecule has 3 amide bonds. The van der Waals surface area contributed by atoms with E-state index in [2.05, 4.69) is 10.2 Å². The van der Waals surface area contributed by atoms with E-state index in [0.717, 1.165) is 38.5 Å². The molecule has 1 atom stereocenters. The molecule has 1 unspecified atom stereocenters. The zero-order valence-electron chi connectivity index (χ0n) is 17.9. The topological polar surface area (TPSA) is 164 Å². The molecule has 2 aliphatic rings. The van der Waals surface area contributed by atoms with Gasteiger partial charge in [0.15, 0.2) is 5.25 Å². The number of imide groups is 1. The highest BCUT2D eigenvalue weighted by Gasteiger charge is 2.48. The lowest BCUT2D eigenvalue weighted by molar-refractivity contribution is -0.196. The minimum Gasteiger partial charge on any atom is -0.345 e. The molecule has 32 heavy (non-hydrogen) atoms. The molecule has 0 aromatic rings. The smallest absolute Gasteiger partial charge is 0.345 e. The molecule has 0 radical (unpaired) electrons. The van der Waals surface area contributed by atoms with Gasteiger partial charge in [-0.15, -0.1) is 5.06 Å². The van der Waals surface area contributed by atoms with Gasteiger partial charge in [-0.3, -0.25) is 23.7 Å². The van der Waals surface area contributed by atoms with Crippen molar-refractivity contribution in [1.29, 1.82) is 0 Å². The summed E-state index contributed by atoms with van der Waals surface area (Å²) in [5.74, 6) is -4.23. The van der Waals surface area contributed by atoms with E-state index >= 15 is 0 Å². The van der Waals surface area contributed by atoms with Crippen LogP contribution in [0.15, 0.2) is 0 Å². The van der Waals surface area contributed by atoms with Crippen molar-refractivity contribution in [3.63, 3.8) is 0 Å². The number of amides is 3. The van der Waals surface area contributed by atoms with E-state index in [1.165, 1.54) is 19.3 Å². The maximum Gasteiger partial charge on any atom is 0.352 e. The van der Waals surface area contributed by atoms with Crippen molar-refractivity contribution >= 4 is 39.6 Å². The first kappa shape index (κ1) is 25.9. The summed E-state index contributed by atoms with van der Waals surface area (Å²) >= 11 is 0. The molecule has 1 saturated heterocycles. The molecule has 1 aliphatic heterocycles.